The SMILES string of the molecule is CC(C)C(C)CC(=O)NC1CCNCC1C. The Morgan fingerprint density at radius 2 is 2.12 bits per heavy atom. The van der Waals surface area contributed by atoms with Crippen LogP contribution in [0, 0.1) is 17.8 Å². The summed E-state index contributed by atoms with van der Waals surface area (Å²) in [7, 11) is 0. The van der Waals surface area contributed by atoms with Crippen molar-refractivity contribution in [2.75, 3.05) is 13.1 Å². The first-order chi connectivity index (χ1) is 7.50. The van der Waals surface area contributed by atoms with Crippen LogP contribution in [0.4, 0.5) is 0 Å². The number of nitrogens with one attached hydrogen (secondary N) is 2. The predicted molar refractivity (Wildman–Crippen MR) is 67.2 cm³/mol. The van der Waals surface area contributed by atoms with Gasteiger partial charge < -0.3 is 10.6 Å². The van der Waals surface area contributed by atoms with Crippen LogP contribution in [-0.2, 0) is 4.79 Å². The van der Waals surface area contributed by atoms with Crippen LogP contribution in [-0.4, -0.2) is 25.0 Å². The molecule has 3 unspecified atom stereocenters. The molecule has 1 aliphatic rings. The lowest BCUT2D eigenvalue weighted by Crippen LogP contribution is -2.48. The van der Waals surface area contributed by atoms with Crippen molar-refractivity contribution < 1.29 is 4.79 Å². The summed E-state index contributed by atoms with van der Waals surface area (Å²) in [5.41, 5.74) is 0. The highest BCUT2D eigenvalue weighted by atomic mass is 16.1. The van der Waals surface area contributed by atoms with E-state index in [1.54, 1.807) is 0 Å². The van der Waals surface area contributed by atoms with Gasteiger partial charge in [-0.05, 0) is 37.3 Å². The van der Waals surface area contributed by atoms with Gasteiger partial charge in [0.25, 0.3) is 0 Å². The van der Waals surface area contributed by atoms with Gasteiger partial charge in [0, 0.05) is 12.5 Å². The van der Waals surface area contributed by atoms with E-state index in [0.29, 0.717) is 30.2 Å². The van der Waals surface area contributed by atoms with E-state index in [1.165, 1.54) is 0 Å². The minimum absolute atomic E-state index is 0.222. The number of rotatable bonds is 4. The molecule has 0 radical (unpaired) electrons. The molecule has 0 spiro atoms. The molecule has 16 heavy (non-hydrogen) atoms. The molecule has 1 fully saturated rings. The molecule has 0 aromatic rings. The largest absolute Gasteiger partial charge is 0.353 e. The standard InChI is InChI=1S/C13H26N2O/c1-9(2)10(3)7-13(16)15-12-5-6-14-8-11(12)4/h9-12,14H,5-8H2,1-4H3,(H,15,16). The Labute approximate surface area is 99.4 Å². The maximum Gasteiger partial charge on any atom is 0.220 e. The molecule has 3 atom stereocenters. The summed E-state index contributed by atoms with van der Waals surface area (Å²) in [5.74, 6) is 1.82. The van der Waals surface area contributed by atoms with Crippen molar-refractivity contribution in [1.29, 1.82) is 0 Å². The van der Waals surface area contributed by atoms with Crippen LogP contribution in [0.5, 0.6) is 0 Å². The Bertz CT molecular complexity index is 228. The average molecular weight is 226 g/mol. The van der Waals surface area contributed by atoms with Gasteiger partial charge in [-0.1, -0.05) is 27.7 Å². The van der Waals surface area contributed by atoms with Crippen LogP contribution in [0.3, 0.4) is 0 Å². The summed E-state index contributed by atoms with van der Waals surface area (Å²) in [6.45, 7) is 10.7. The molecule has 0 bridgehead atoms. The molecule has 94 valence electrons. The maximum atomic E-state index is 11.8. The third kappa shape index (κ3) is 4.12. The second-order valence-corrected chi connectivity index (χ2v) is 5.57. The lowest BCUT2D eigenvalue weighted by Gasteiger charge is -2.30. The number of carbonyl (C=O) groups excluding carboxylic acids is 1. The summed E-state index contributed by atoms with van der Waals surface area (Å²) in [5, 5.41) is 6.52. The van der Waals surface area contributed by atoms with Gasteiger partial charge in [0.1, 0.15) is 0 Å². The minimum Gasteiger partial charge on any atom is -0.353 e. The molecule has 0 aliphatic carbocycles. The third-order valence-electron chi connectivity index (χ3n) is 3.78. The Balaban J connectivity index is 2.32. The van der Waals surface area contributed by atoms with Crippen LogP contribution in [0.1, 0.15) is 40.5 Å². The first-order valence-corrected chi connectivity index (χ1v) is 6.50. The van der Waals surface area contributed by atoms with E-state index in [0.717, 1.165) is 19.5 Å². The zero-order chi connectivity index (χ0) is 12.1. The molecule has 0 saturated carbocycles. The van der Waals surface area contributed by atoms with E-state index in [2.05, 4.69) is 38.3 Å². The van der Waals surface area contributed by atoms with Crippen molar-refractivity contribution in [2.45, 2.75) is 46.6 Å². The van der Waals surface area contributed by atoms with Crippen LogP contribution >= 0.6 is 0 Å². The van der Waals surface area contributed by atoms with Crippen LogP contribution < -0.4 is 10.6 Å². The van der Waals surface area contributed by atoms with Crippen molar-refractivity contribution in [2.24, 2.45) is 17.8 Å². The molecule has 0 aromatic heterocycles. The van der Waals surface area contributed by atoms with Crippen LogP contribution in [0.15, 0.2) is 0 Å². The average Bonchev–Trinajstić information content (AvgIpc) is 2.21. The molecular weight excluding hydrogens is 200 g/mol. The van der Waals surface area contributed by atoms with Gasteiger partial charge in [-0.15, -0.1) is 0 Å². The van der Waals surface area contributed by atoms with Crippen molar-refractivity contribution in [1.82, 2.24) is 10.6 Å². The zero-order valence-corrected chi connectivity index (χ0v) is 11.0. The van der Waals surface area contributed by atoms with Gasteiger partial charge in [-0.2, -0.15) is 0 Å². The molecule has 1 amide bonds. The van der Waals surface area contributed by atoms with E-state index < -0.39 is 0 Å². The fraction of sp³-hybridized carbons (Fsp3) is 0.923. The number of amides is 1. The van der Waals surface area contributed by atoms with E-state index in [-0.39, 0.29) is 5.91 Å². The smallest absolute Gasteiger partial charge is 0.220 e. The van der Waals surface area contributed by atoms with Gasteiger partial charge in [0.2, 0.25) is 5.91 Å². The molecular formula is C13H26N2O. The highest BCUT2D eigenvalue weighted by Crippen LogP contribution is 2.15. The lowest BCUT2D eigenvalue weighted by atomic mass is 9.92. The maximum absolute atomic E-state index is 11.8. The van der Waals surface area contributed by atoms with Crippen molar-refractivity contribution in [3.63, 3.8) is 0 Å². The van der Waals surface area contributed by atoms with Gasteiger partial charge in [-0.3, -0.25) is 4.79 Å². The lowest BCUT2D eigenvalue weighted by molar-refractivity contribution is -0.123. The molecule has 1 rings (SSSR count). The summed E-state index contributed by atoms with van der Waals surface area (Å²) in [6, 6.07) is 0.369. The van der Waals surface area contributed by atoms with E-state index >= 15 is 0 Å². The third-order valence-corrected chi connectivity index (χ3v) is 3.78. The van der Waals surface area contributed by atoms with E-state index in [9.17, 15) is 4.79 Å². The fourth-order valence-electron chi connectivity index (χ4n) is 2.02. The number of piperidine rings is 1. The number of hydrogen-bond donors (Lipinski definition) is 2. The fourth-order valence-corrected chi connectivity index (χ4v) is 2.02. The zero-order valence-electron chi connectivity index (χ0n) is 11.0. The van der Waals surface area contributed by atoms with Crippen molar-refractivity contribution in [3.8, 4) is 0 Å². The van der Waals surface area contributed by atoms with Gasteiger partial charge in [0.05, 0.1) is 0 Å². The van der Waals surface area contributed by atoms with E-state index in [1.807, 2.05) is 0 Å². The molecule has 1 heterocycles. The molecule has 2 N–H and O–H groups in total. The Morgan fingerprint density at radius 3 is 2.69 bits per heavy atom. The quantitative estimate of drug-likeness (QED) is 0.767. The van der Waals surface area contributed by atoms with Crippen molar-refractivity contribution in [3.05, 3.63) is 0 Å². The Kier molecular flexibility index (Phi) is 5.26. The van der Waals surface area contributed by atoms with Gasteiger partial charge in [-0.25, -0.2) is 0 Å². The second kappa shape index (κ2) is 6.24. The molecule has 3 nitrogen and oxygen atoms in total. The Morgan fingerprint density at radius 1 is 1.44 bits per heavy atom. The monoisotopic (exact) mass is 226 g/mol. The second-order valence-electron chi connectivity index (χ2n) is 5.57. The molecule has 0 aromatic carbocycles. The van der Waals surface area contributed by atoms with Crippen molar-refractivity contribution >= 4 is 5.91 Å². The summed E-state index contributed by atoms with van der Waals surface area (Å²) in [4.78, 5) is 11.8. The molecule has 1 aliphatic heterocycles. The van der Waals surface area contributed by atoms with Crippen LogP contribution in [0.2, 0.25) is 0 Å². The first kappa shape index (κ1) is 13.5. The topological polar surface area (TPSA) is 41.1 Å². The number of hydrogen-bond acceptors (Lipinski definition) is 2. The van der Waals surface area contributed by atoms with Crippen LogP contribution in [0.25, 0.3) is 0 Å². The highest BCUT2D eigenvalue weighted by molar-refractivity contribution is 5.76. The summed E-state index contributed by atoms with van der Waals surface area (Å²) < 4.78 is 0. The first-order valence-electron chi connectivity index (χ1n) is 6.50. The summed E-state index contributed by atoms with van der Waals surface area (Å²) in [6.07, 6.45) is 1.72. The van der Waals surface area contributed by atoms with Gasteiger partial charge >= 0.3 is 0 Å². The summed E-state index contributed by atoms with van der Waals surface area (Å²) >= 11 is 0. The van der Waals surface area contributed by atoms with Gasteiger partial charge in [0.15, 0.2) is 0 Å². The normalized spacial score (nSPS) is 27.8. The van der Waals surface area contributed by atoms with E-state index in [4.69, 9.17) is 0 Å². The molecule has 1 saturated heterocycles. The minimum atomic E-state index is 0.222. The highest BCUT2D eigenvalue weighted by Gasteiger charge is 2.23. The Hall–Kier alpha value is -0.570. The predicted octanol–water partition coefficient (Wildman–Crippen LogP) is 1.78. The molecule has 3 heteroatoms. The number of carbonyl (C=O) groups is 1.